The lowest BCUT2D eigenvalue weighted by Crippen LogP contribution is -2.29. The predicted molar refractivity (Wildman–Crippen MR) is 69.9 cm³/mol. The summed E-state index contributed by atoms with van der Waals surface area (Å²) in [6, 6.07) is 5.28. The Morgan fingerprint density at radius 3 is 2.39 bits per heavy atom. The van der Waals surface area contributed by atoms with Crippen LogP contribution < -0.4 is 10.6 Å². The van der Waals surface area contributed by atoms with Gasteiger partial charge in [-0.25, -0.2) is 0 Å². The lowest BCUT2D eigenvalue weighted by atomic mass is 10.1. The molecule has 1 heterocycles. The van der Waals surface area contributed by atoms with E-state index in [0.717, 1.165) is 15.8 Å². The molecule has 0 saturated carbocycles. The normalized spacial score (nSPS) is 11.0. The molecule has 0 bridgehead atoms. The Bertz CT molecular complexity index is 533. The van der Waals surface area contributed by atoms with Crippen LogP contribution in [0.5, 0.6) is 0 Å². The van der Waals surface area contributed by atoms with Gasteiger partial charge in [0, 0.05) is 30.4 Å². The van der Waals surface area contributed by atoms with Crippen molar-refractivity contribution in [2.45, 2.75) is 0 Å². The summed E-state index contributed by atoms with van der Waals surface area (Å²) >= 11 is 0. The van der Waals surface area contributed by atoms with Crippen LogP contribution in [0, 0.1) is 0 Å². The molecule has 0 saturated heterocycles. The monoisotopic (exact) mass is 251 g/mol. The third-order valence-corrected chi connectivity index (χ3v) is 2.92. The molecule has 98 valence electrons. The zero-order chi connectivity index (χ0) is 13.1. The molecule has 6 heteroatoms. The molecule has 1 aromatic heterocycles. The van der Waals surface area contributed by atoms with E-state index in [1.54, 1.807) is 12.1 Å². The van der Waals surface area contributed by atoms with E-state index in [4.69, 9.17) is 15.9 Å². The van der Waals surface area contributed by atoms with Gasteiger partial charge < -0.3 is 26.1 Å². The molecule has 2 rings (SSSR count). The molecule has 0 unspecified atom stereocenters. The van der Waals surface area contributed by atoms with Crippen LogP contribution in [0.4, 0.5) is 11.4 Å². The number of anilines is 2. The quantitative estimate of drug-likeness (QED) is 0.451. The lowest BCUT2D eigenvalue weighted by molar-refractivity contribution is 0.200. The molecule has 0 amide bonds. The van der Waals surface area contributed by atoms with Crippen LogP contribution in [0.15, 0.2) is 24.4 Å². The molecule has 1 aromatic carbocycles. The Balaban J connectivity index is 2.52. The first kappa shape index (κ1) is 12.5. The Kier molecular flexibility index (Phi) is 3.59. The maximum atomic E-state index is 9.68. The highest BCUT2D eigenvalue weighted by Crippen LogP contribution is 2.31. The minimum Gasteiger partial charge on any atom is -0.428 e. The van der Waals surface area contributed by atoms with Crippen molar-refractivity contribution in [2.24, 2.45) is 0 Å². The first-order valence-electron chi connectivity index (χ1n) is 5.74. The van der Waals surface area contributed by atoms with E-state index in [2.05, 4.69) is 0 Å². The third kappa shape index (κ3) is 2.07. The van der Waals surface area contributed by atoms with Gasteiger partial charge in [0.2, 0.25) is 0 Å². The first-order valence-corrected chi connectivity index (χ1v) is 5.74. The van der Waals surface area contributed by atoms with Gasteiger partial charge in [0.1, 0.15) is 5.52 Å². The Morgan fingerprint density at radius 1 is 1.11 bits per heavy atom. The highest BCUT2D eigenvalue weighted by Gasteiger charge is 2.13. The molecule has 0 aliphatic heterocycles. The molecule has 0 spiro atoms. The van der Waals surface area contributed by atoms with E-state index in [0.29, 0.717) is 24.3 Å². The van der Waals surface area contributed by atoms with Crippen LogP contribution in [0.3, 0.4) is 0 Å². The number of rotatable bonds is 5. The van der Waals surface area contributed by atoms with Crippen LogP contribution in [0.1, 0.15) is 0 Å². The number of benzene rings is 1. The summed E-state index contributed by atoms with van der Waals surface area (Å²) in [7, 11) is 0. The highest BCUT2D eigenvalue weighted by atomic mass is 16.5. The topological polar surface area (TPSA) is 94.9 Å². The van der Waals surface area contributed by atoms with Gasteiger partial charge in [-0.3, -0.25) is 0 Å². The zero-order valence-corrected chi connectivity index (χ0v) is 9.95. The van der Waals surface area contributed by atoms with E-state index >= 15 is 0 Å². The number of nitrogens with two attached hydrogens (primary N) is 1. The predicted octanol–water partition coefficient (Wildman–Crippen LogP) is 0.252. The van der Waals surface area contributed by atoms with Crippen molar-refractivity contribution in [3.63, 3.8) is 0 Å². The maximum Gasteiger partial charge on any atom is 0.111 e. The summed E-state index contributed by atoms with van der Waals surface area (Å²) in [6.45, 7) is 0.809. The van der Waals surface area contributed by atoms with Gasteiger partial charge in [-0.15, -0.1) is 0 Å². The number of fused-ring (bicyclic) bond motifs is 1. The number of hydrogen-bond acceptors (Lipinski definition) is 5. The van der Waals surface area contributed by atoms with Crippen molar-refractivity contribution in [3.05, 3.63) is 24.4 Å². The van der Waals surface area contributed by atoms with Gasteiger partial charge in [0.25, 0.3) is 0 Å². The first-order chi connectivity index (χ1) is 8.69. The van der Waals surface area contributed by atoms with E-state index < -0.39 is 0 Å². The fraction of sp³-hybridized carbons (Fsp3) is 0.333. The van der Waals surface area contributed by atoms with E-state index in [1.807, 2.05) is 11.0 Å². The molecule has 0 radical (unpaired) electrons. The summed E-state index contributed by atoms with van der Waals surface area (Å²) in [6.07, 6.45) is 1.51. The largest absolute Gasteiger partial charge is 0.428 e. The van der Waals surface area contributed by atoms with Crippen molar-refractivity contribution in [3.8, 4) is 0 Å². The molecule has 18 heavy (non-hydrogen) atoms. The summed E-state index contributed by atoms with van der Waals surface area (Å²) < 4.78 is 0.976. The smallest absolute Gasteiger partial charge is 0.111 e. The van der Waals surface area contributed by atoms with Crippen LogP contribution in [-0.2, 0) is 0 Å². The van der Waals surface area contributed by atoms with Crippen LogP contribution >= 0.6 is 0 Å². The Morgan fingerprint density at radius 2 is 1.78 bits per heavy atom. The second-order valence-electron chi connectivity index (χ2n) is 4.03. The second kappa shape index (κ2) is 5.16. The second-order valence-corrected chi connectivity index (χ2v) is 4.03. The number of aromatic nitrogens is 1. The van der Waals surface area contributed by atoms with Crippen molar-refractivity contribution in [2.75, 3.05) is 36.9 Å². The average molecular weight is 251 g/mol. The van der Waals surface area contributed by atoms with Gasteiger partial charge >= 0.3 is 0 Å². The van der Waals surface area contributed by atoms with Gasteiger partial charge in [0.05, 0.1) is 18.9 Å². The minimum atomic E-state index is -0.00823. The van der Waals surface area contributed by atoms with Gasteiger partial charge in [-0.2, -0.15) is 4.73 Å². The van der Waals surface area contributed by atoms with Crippen molar-refractivity contribution in [1.82, 2.24) is 4.73 Å². The number of nitrogens with zero attached hydrogens (tertiary/aromatic N) is 2. The fourth-order valence-electron chi connectivity index (χ4n) is 2.12. The molecular weight excluding hydrogens is 234 g/mol. The average Bonchev–Trinajstić information content (AvgIpc) is 2.73. The van der Waals surface area contributed by atoms with Crippen molar-refractivity contribution >= 4 is 22.3 Å². The third-order valence-electron chi connectivity index (χ3n) is 2.92. The van der Waals surface area contributed by atoms with E-state index in [9.17, 15) is 5.21 Å². The summed E-state index contributed by atoms with van der Waals surface area (Å²) in [5.74, 6) is 0. The maximum absolute atomic E-state index is 9.68. The molecule has 5 N–H and O–H groups in total. The van der Waals surface area contributed by atoms with Gasteiger partial charge in [0.15, 0.2) is 0 Å². The van der Waals surface area contributed by atoms with Crippen molar-refractivity contribution < 1.29 is 15.4 Å². The fourth-order valence-corrected chi connectivity index (χ4v) is 2.12. The number of hydrogen-bond donors (Lipinski definition) is 4. The zero-order valence-electron chi connectivity index (χ0n) is 9.95. The summed E-state index contributed by atoms with van der Waals surface area (Å²) in [5.41, 5.74) is 7.67. The van der Waals surface area contributed by atoms with Gasteiger partial charge in [-0.05, 0) is 18.2 Å². The Labute approximate surface area is 104 Å². The summed E-state index contributed by atoms with van der Waals surface area (Å²) in [4.78, 5) is 1.85. The van der Waals surface area contributed by atoms with Crippen molar-refractivity contribution in [1.29, 1.82) is 0 Å². The number of aliphatic hydroxyl groups excluding tert-OH is 2. The molecule has 0 aliphatic rings. The highest BCUT2D eigenvalue weighted by molar-refractivity contribution is 5.99. The van der Waals surface area contributed by atoms with Crippen LogP contribution in [-0.4, -0.2) is 46.5 Å². The lowest BCUT2D eigenvalue weighted by Gasteiger charge is -2.24. The number of aliphatic hydroxyl groups is 2. The molecular formula is C12H17N3O3. The number of nitrogen functional groups attached to an aromatic ring is 1. The van der Waals surface area contributed by atoms with Gasteiger partial charge in [-0.1, -0.05) is 0 Å². The van der Waals surface area contributed by atoms with Crippen LogP contribution in [0.2, 0.25) is 0 Å². The SMILES string of the molecule is Nc1ccc(N(CCO)CCO)c2ccn(O)c12. The molecule has 0 aliphatic carbocycles. The Hall–Kier alpha value is -1.92. The molecule has 6 nitrogen and oxygen atoms in total. The summed E-state index contributed by atoms with van der Waals surface area (Å²) in [5, 5.41) is 28.6. The molecule has 0 atom stereocenters. The van der Waals surface area contributed by atoms with Crippen LogP contribution in [0.25, 0.3) is 10.9 Å². The molecule has 2 aromatic rings. The standard InChI is InChI=1S/C12H17N3O3/c13-10-1-2-11(14(5-7-16)6-8-17)9-3-4-15(18)12(9)10/h1-4,16-18H,5-8,13H2. The van der Waals surface area contributed by atoms with E-state index in [1.165, 1.54) is 6.20 Å². The minimum absolute atomic E-state index is 0.00823. The molecule has 0 fully saturated rings. The van der Waals surface area contributed by atoms with E-state index in [-0.39, 0.29) is 13.2 Å².